The van der Waals surface area contributed by atoms with Crippen molar-refractivity contribution in [3.05, 3.63) is 37.0 Å². The van der Waals surface area contributed by atoms with Crippen LogP contribution in [0.4, 0.5) is 0 Å². The van der Waals surface area contributed by atoms with Gasteiger partial charge < -0.3 is 5.73 Å². The first kappa shape index (κ1) is 8.18. The fraction of sp³-hybridized carbons (Fsp3) is 0.250. The summed E-state index contributed by atoms with van der Waals surface area (Å²) >= 11 is 0. The van der Waals surface area contributed by atoms with Gasteiger partial charge in [-0.1, -0.05) is 30.4 Å². The third kappa shape index (κ3) is 7.18. The largest absolute Gasteiger partial charge is 0.327 e. The summed E-state index contributed by atoms with van der Waals surface area (Å²) in [6, 6.07) is 0. The summed E-state index contributed by atoms with van der Waals surface area (Å²) in [7, 11) is 0. The molecule has 0 fully saturated rings. The van der Waals surface area contributed by atoms with E-state index < -0.39 is 0 Å². The van der Waals surface area contributed by atoms with Gasteiger partial charge in [-0.2, -0.15) is 0 Å². The van der Waals surface area contributed by atoms with Crippen LogP contribution >= 0.6 is 0 Å². The number of allylic oxidation sites excluding steroid dienone is 4. The highest BCUT2D eigenvalue weighted by molar-refractivity contribution is 5.11. The van der Waals surface area contributed by atoms with Crippen molar-refractivity contribution >= 4 is 0 Å². The molecule has 1 aliphatic carbocycles. The molecule has 0 radical (unpaired) electrons. The molecule has 0 saturated heterocycles. The van der Waals surface area contributed by atoms with Crippen LogP contribution in [-0.4, -0.2) is 6.54 Å². The lowest BCUT2D eigenvalue weighted by atomic mass is 10.5. The van der Waals surface area contributed by atoms with E-state index >= 15 is 0 Å². The summed E-state index contributed by atoms with van der Waals surface area (Å²) in [6.45, 7) is 3.94. The molecule has 0 aromatic rings. The molecule has 50 valence electrons. The van der Waals surface area contributed by atoms with Crippen molar-refractivity contribution in [2.75, 3.05) is 6.54 Å². The molecule has 1 aliphatic rings. The summed E-state index contributed by atoms with van der Waals surface area (Å²) in [4.78, 5) is 0. The molecule has 0 aromatic heterocycles. The molecule has 0 aliphatic heterocycles. The number of hydrogen-bond donors (Lipinski definition) is 1. The van der Waals surface area contributed by atoms with Crippen LogP contribution in [0, 0.1) is 0 Å². The van der Waals surface area contributed by atoms with E-state index in [0.717, 1.165) is 6.42 Å². The van der Waals surface area contributed by atoms with Gasteiger partial charge >= 0.3 is 0 Å². The third-order valence-electron chi connectivity index (χ3n) is 0.822. The zero-order valence-electron chi connectivity index (χ0n) is 5.59. The Balaban J connectivity index is 0.000000148. The fourth-order valence-corrected chi connectivity index (χ4v) is 0.393. The minimum absolute atomic E-state index is 0.583. The van der Waals surface area contributed by atoms with Gasteiger partial charge in [-0.3, -0.25) is 0 Å². The SMILES string of the molecule is C1=CCC=C1.C=CCN. The van der Waals surface area contributed by atoms with Crippen molar-refractivity contribution in [1.82, 2.24) is 0 Å². The molecule has 0 spiro atoms. The van der Waals surface area contributed by atoms with E-state index in [0.29, 0.717) is 6.54 Å². The second-order valence-electron chi connectivity index (χ2n) is 1.62. The Bertz CT molecular complexity index is 102. The molecule has 0 heterocycles. The standard InChI is InChI=1S/C5H6.C3H7N/c1-2-4-5-3-1;1-2-3-4/h1-4H,5H2;2H,1,3-4H2. The predicted molar refractivity (Wildman–Crippen MR) is 42.1 cm³/mol. The summed E-state index contributed by atoms with van der Waals surface area (Å²) in [5.74, 6) is 0. The fourth-order valence-electron chi connectivity index (χ4n) is 0.393. The zero-order valence-corrected chi connectivity index (χ0v) is 5.59. The van der Waals surface area contributed by atoms with Crippen molar-refractivity contribution in [3.63, 3.8) is 0 Å². The molecule has 0 atom stereocenters. The molecule has 0 aromatic carbocycles. The molecule has 0 unspecified atom stereocenters. The molecule has 0 amide bonds. The van der Waals surface area contributed by atoms with E-state index in [-0.39, 0.29) is 0 Å². The molecule has 0 bridgehead atoms. The van der Waals surface area contributed by atoms with Crippen molar-refractivity contribution in [1.29, 1.82) is 0 Å². The van der Waals surface area contributed by atoms with Crippen LogP contribution in [0.25, 0.3) is 0 Å². The normalized spacial score (nSPS) is 12.6. The second-order valence-corrected chi connectivity index (χ2v) is 1.62. The molecule has 1 heteroatoms. The monoisotopic (exact) mass is 123 g/mol. The lowest BCUT2D eigenvalue weighted by Crippen LogP contribution is -1.90. The molecule has 2 N–H and O–H groups in total. The minimum atomic E-state index is 0.583. The Labute approximate surface area is 56.6 Å². The average molecular weight is 123 g/mol. The smallest absolute Gasteiger partial charge is 0.0104 e. The number of nitrogens with two attached hydrogens (primary N) is 1. The first-order valence-corrected chi connectivity index (χ1v) is 3.04. The summed E-state index contributed by atoms with van der Waals surface area (Å²) < 4.78 is 0. The molecule has 1 nitrogen and oxygen atoms in total. The highest BCUT2D eigenvalue weighted by Crippen LogP contribution is 1.93. The van der Waals surface area contributed by atoms with E-state index in [2.05, 4.69) is 30.9 Å². The molecular weight excluding hydrogens is 110 g/mol. The van der Waals surface area contributed by atoms with Gasteiger partial charge in [0.05, 0.1) is 0 Å². The van der Waals surface area contributed by atoms with Crippen molar-refractivity contribution in [3.8, 4) is 0 Å². The van der Waals surface area contributed by atoms with Crippen LogP contribution in [0.2, 0.25) is 0 Å². The molecule has 9 heavy (non-hydrogen) atoms. The third-order valence-corrected chi connectivity index (χ3v) is 0.822. The zero-order chi connectivity index (χ0) is 6.95. The highest BCUT2D eigenvalue weighted by atomic mass is 14.5. The van der Waals surface area contributed by atoms with Crippen LogP contribution in [0.3, 0.4) is 0 Å². The Morgan fingerprint density at radius 1 is 1.44 bits per heavy atom. The topological polar surface area (TPSA) is 26.0 Å². The maximum absolute atomic E-state index is 4.91. The van der Waals surface area contributed by atoms with Gasteiger partial charge in [0.2, 0.25) is 0 Å². The van der Waals surface area contributed by atoms with Gasteiger partial charge in [0.25, 0.3) is 0 Å². The Hall–Kier alpha value is -0.820. The Morgan fingerprint density at radius 3 is 2.00 bits per heavy atom. The van der Waals surface area contributed by atoms with E-state index in [1.807, 2.05) is 0 Å². The van der Waals surface area contributed by atoms with Gasteiger partial charge in [-0.05, 0) is 6.42 Å². The minimum Gasteiger partial charge on any atom is -0.327 e. The lowest BCUT2D eigenvalue weighted by Gasteiger charge is -1.61. The maximum atomic E-state index is 4.91. The predicted octanol–water partition coefficient (Wildman–Crippen LogP) is 1.63. The molecule has 1 rings (SSSR count). The van der Waals surface area contributed by atoms with Crippen LogP contribution in [0.15, 0.2) is 37.0 Å². The maximum Gasteiger partial charge on any atom is 0.0104 e. The Kier molecular flexibility index (Phi) is 6.53. The van der Waals surface area contributed by atoms with Crippen LogP contribution in [0.1, 0.15) is 6.42 Å². The van der Waals surface area contributed by atoms with Crippen LogP contribution in [-0.2, 0) is 0 Å². The van der Waals surface area contributed by atoms with E-state index in [4.69, 9.17) is 5.73 Å². The van der Waals surface area contributed by atoms with Crippen molar-refractivity contribution in [2.45, 2.75) is 6.42 Å². The molecular formula is C8H13N. The first-order chi connectivity index (χ1) is 4.41. The quantitative estimate of drug-likeness (QED) is 0.527. The number of hydrogen-bond acceptors (Lipinski definition) is 1. The van der Waals surface area contributed by atoms with E-state index in [1.165, 1.54) is 0 Å². The van der Waals surface area contributed by atoms with Crippen molar-refractivity contribution in [2.24, 2.45) is 5.73 Å². The molecule has 0 saturated carbocycles. The van der Waals surface area contributed by atoms with Gasteiger partial charge in [0.1, 0.15) is 0 Å². The lowest BCUT2D eigenvalue weighted by molar-refractivity contribution is 1.26. The van der Waals surface area contributed by atoms with Gasteiger partial charge in [0, 0.05) is 6.54 Å². The van der Waals surface area contributed by atoms with Gasteiger partial charge in [-0.25, -0.2) is 0 Å². The second kappa shape index (κ2) is 7.18. The average Bonchev–Trinajstić information content (AvgIpc) is 2.43. The first-order valence-electron chi connectivity index (χ1n) is 3.04. The Morgan fingerprint density at radius 2 is 1.89 bits per heavy atom. The van der Waals surface area contributed by atoms with Crippen molar-refractivity contribution < 1.29 is 0 Å². The van der Waals surface area contributed by atoms with Crippen LogP contribution in [0.5, 0.6) is 0 Å². The summed E-state index contributed by atoms with van der Waals surface area (Å²) in [6.07, 6.45) is 11.2. The number of rotatable bonds is 1. The summed E-state index contributed by atoms with van der Waals surface area (Å²) in [5.41, 5.74) is 4.91. The van der Waals surface area contributed by atoms with E-state index in [1.54, 1.807) is 6.08 Å². The van der Waals surface area contributed by atoms with E-state index in [9.17, 15) is 0 Å². The van der Waals surface area contributed by atoms with Crippen LogP contribution < -0.4 is 5.73 Å². The summed E-state index contributed by atoms with van der Waals surface area (Å²) in [5, 5.41) is 0. The van der Waals surface area contributed by atoms with Gasteiger partial charge in [-0.15, -0.1) is 6.58 Å². The van der Waals surface area contributed by atoms with Gasteiger partial charge in [0.15, 0.2) is 0 Å². The highest BCUT2D eigenvalue weighted by Gasteiger charge is 1.72.